The number of amides is 1. The van der Waals surface area contributed by atoms with Crippen LogP contribution < -0.4 is 15.5 Å². The van der Waals surface area contributed by atoms with Crippen molar-refractivity contribution in [3.8, 4) is 5.75 Å². The van der Waals surface area contributed by atoms with Crippen molar-refractivity contribution < 1.29 is 14.5 Å². The molecule has 0 aliphatic carbocycles. The maximum atomic E-state index is 11.9. The van der Waals surface area contributed by atoms with Crippen LogP contribution in [0.4, 0.5) is 11.4 Å². The van der Waals surface area contributed by atoms with Gasteiger partial charge in [0.2, 0.25) is 0 Å². The first-order valence-corrected chi connectivity index (χ1v) is 11.5. The van der Waals surface area contributed by atoms with Gasteiger partial charge >= 0.3 is 0 Å². The molecule has 0 saturated heterocycles. The minimum absolute atomic E-state index is 0.0458. The van der Waals surface area contributed by atoms with Crippen LogP contribution in [0.5, 0.6) is 5.75 Å². The van der Waals surface area contributed by atoms with Crippen LogP contribution in [0, 0.1) is 17.3 Å². The highest BCUT2D eigenvalue weighted by molar-refractivity contribution is 14.1. The van der Waals surface area contributed by atoms with E-state index in [1.165, 1.54) is 12.1 Å². The Morgan fingerprint density at radius 3 is 2.34 bits per heavy atom. The van der Waals surface area contributed by atoms with E-state index in [2.05, 4.69) is 61.0 Å². The molecular weight excluding hydrogens is 638 g/mol. The Labute approximate surface area is 211 Å². The molecule has 0 radical (unpaired) electrons. The van der Waals surface area contributed by atoms with Crippen molar-refractivity contribution in [1.29, 1.82) is 0 Å². The van der Waals surface area contributed by atoms with Gasteiger partial charge in [-0.2, -0.15) is 5.10 Å². The van der Waals surface area contributed by atoms with Crippen LogP contribution in [0.25, 0.3) is 0 Å². The molecule has 0 saturated carbocycles. The topological polar surface area (TPSA) is 106 Å². The largest absolute Gasteiger partial charge is 0.487 e. The number of nitrogens with zero attached hydrogens (tertiary/aromatic N) is 2. The van der Waals surface area contributed by atoms with Gasteiger partial charge in [0.1, 0.15) is 12.4 Å². The van der Waals surface area contributed by atoms with Gasteiger partial charge in [-0.3, -0.25) is 14.9 Å². The van der Waals surface area contributed by atoms with Crippen molar-refractivity contribution in [2.75, 3.05) is 11.9 Å². The highest BCUT2D eigenvalue weighted by atomic mass is 127. The highest BCUT2D eigenvalue weighted by Gasteiger charge is 2.10. The molecule has 1 amide bonds. The summed E-state index contributed by atoms with van der Waals surface area (Å²) in [4.78, 5) is 22.2. The predicted molar refractivity (Wildman–Crippen MR) is 140 cm³/mol. The number of carbonyl (C=O) groups excluding carboxylic acids is 1. The van der Waals surface area contributed by atoms with E-state index in [-0.39, 0.29) is 18.1 Å². The number of hydrazone groups is 1. The first-order chi connectivity index (χ1) is 15.4. The molecule has 32 heavy (non-hydrogen) atoms. The van der Waals surface area contributed by atoms with E-state index in [0.29, 0.717) is 6.61 Å². The standard InChI is InChI=1S/C22H18I2N4O4/c23-19-10-16(12-26-27-21(29)13-25-17-4-2-1-3-5-17)11-20(24)22(19)32-14-15-6-8-18(9-7-15)28(30)31/h1-12,25H,13-14H2,(H,27,29)/b26-12-. The lowest BCUT2D eigenvalue weighted by Gasteiger charge is -2.11. The Hall–Kier alpha value is -2.74. The van der Waals surface area contributed by atoms with Crippen LogP contribution in [0.15, 0.2) is 71.8 Å². The molecule has 0 aromatic heterocycles. The number of halogens is 2. The lowest BCUT2D eigenvalue weighted by atomic mass is 10.2. The number of non-ortho nitro benzene ring substituents is 1. The zero-order chi connectivity index (χ0) is 22.9. The van der Waals surface area contributed by atoms with Gasteiger partial charge in [0.25, 0.3) is 11.6 Å². The van der Waals surface area contributed by atoms with Crippen molar-refractivity contribution in [3.63, 3.8) is 0 Å². The lowest BCUT2D eigenvalue weighted by molar-refractivity contribution is -0.384. The number of nitro benzene ring substituents is 1. The van der Waals surface area contributed by atoms with Crippen molar-refractivity contribution in [3.05, 3.63) is 95.1 Å². The fourth-order valence-corrected chi connectivity index (χ4v) is 4.75. The molecule has 164 valence electrons. The van der Waals surface area contributed by atoms with Crippen LogP contribution in [0.2, 0.25) is 0 Å². The van der Waals surface area contributed by atoms with Crippen molar-refractivity contribution in [1.82, 2.24) is 5.43 Å². The molecule has 0 aliphatic rings. The summed E-state index contributed by atoms with van der Waals surface area (Å²) in [5.74, 6) is 0.468. The fourth-order valence-electron chi connectivity index (χ4n) is 2.62. The number of hydrogen-bond acceptors (Lipinski definition) is 6. The summed E-state index contributed by atoms with van der Waals surface area (Å²) in [6.07, 6.45) is 1.57. The lowest BCUT2D eigenvalue weighted by Crippen LogP contribution is -2.25. The van der Waals surface area contributed by atoms with Crippen molar-refractivity contribution >= 4 is 68.7 Å². The Balaban J connectivity index is 1.54. The summed E-state index contributed by atoms with van der Waals surface area (Å²) < 4.78 is 7.69. The molecule has 0 aliphatic heterocycles. The maximum absolute atomic E-state index is 11.9. The monoisotopic (exact) mass is 656 g/mol. The molecule has 10 heteroatoms. The smallest absolute Gasteiger partial charge is 0.269 e. The summed E-state index contributed by atoms with van der Waals surface area (Å²) in [6, 6.07) is 19.5. The van der Waals surface area contributed by atoms with Crippen LogP contribution in [-0.2, 0) is 11.4 Å². The van der Waals surface area contributed by atoms with E-state index >= 15 is 0 Å². The number of para-hydroxylation sites is 1. The number of nitro groups is 1. The fraction of sp³-hybridized carbons (Fsp3) is 0.0909. The Morgan fingerprint density at radius 2 is 1.72 bits per heavy atom. The van der Waals surface area contributed by atoms with E-state index in [1.54, 1.807) is 18.3 Å². The summed E-state index contributed by atoms with van der Waals surface area (Å²) >= 11 is 4.35. The summed E-state index contributed by atoms with van der Waals surface area (Å²) in [7, 11) is 0. The molecule has 0 unspecified atom stereocenters. The average Bonchev–Trinajstić information content (AvgIpc) is 2.78. The SMILES string of the molecule is O=C(CNc1ccccc1)N/N=C\c1cc(I)c(OCc2ccc([N+](=O)[O-])cc2)c(I)c1. The number of hydrogen-bond donors (Lipinski definition) is 2. The van der Waals surface area contributed by atoms with E-state index in [1.807, 2.05) is 42.5 Å². The second-order valence-electron chi connectivity index (χ2n) is 6.54. The van der Waals surface area contributed by atoms with Gasteiger partial charge < -0.3 is 10.1 Å². The van der Waals surface area contributed by atoms with Crippen molar-refractivity contribution in [2.24, 2.45) is 5.10 Å². The normalized spacial score (nSPS) is 10.7. The molecular formula is C22H18I2N4O4. The molecule has 8 nitrogen and oxygen atoms in total. The van der Waals surface area contributed by atoms with Crippen LogP contribution in [0.1, 0.15) is 11.1 Å². The van der Waals surface area contributed by atoms with Gasteiger partial charge in [0.05, 0.1) is 24.8 Å². The minimum atomic E-state index is -0.432. The average molecular weight is 656 g/mol. The molecule has 2 N–H and O–H groups in total. The number of ether oxygens (including phenoxy) is 1. The van der Waals surface area contributed by atoms with Gasteiger partial charge in [-0.25, -0.2) is 5.43 Å². The third-order valence-electron chi connectivity index (χ3n) is 4.18. The summed E-state index contributed by atoms with van der Waals surface area (Å²) in [6.45, 7) is 0.410. The first-order valence-electron chi connectivity index (χ1n) is 9.38. The van der Waals surface area contributed by atoms with Crippen molar-refractivity contribution in [2.45, 2.75) is 6.61 Å². The Morgan fingerprint density at radius 1 is 1.06 bits per heavy atom. The van der Waals surface area contributed by atoms with Gasteiger partial charge in [0, 0.05) is 17.8 Å². The molecule has 3 rings (SSSR count). The van der Waals surface area contributed by atoms with Gasteiger partial charge in [-0.15, -0.1) is 0 Å². The summed E-state index contributed by atoms with van der Waals surface area (Å²) in [5.41, 5.74) is 5.06. The second kappa shape index (κ2) is 11.8. The molecule has 0 bridgehead atoms. The Bertz CT molecular complexity index is 1100. The minimum Gasteiger partial charge on any atom is -0.487 e. The molecule has 3 aromatic carbocycles. The first kappa shape index (κ1) is 23.9. The van der Waals surface area contributed by atoms with Gasteiger partial charge in [-0.1, -0.05) is 18.2 Å². The van der Waals surface area contributed by atoms with E-state index in [4.69, 9.17) is 4.74 Å². The highest BCUT2D eigenvalue weighted by Crippen LogP contribution is 2.29. The predicted octanol–water partition coefficient (Wildman–Crippen LogP) is 4.95. The third-order valence-corrected chi connectivity index (χ3v) is 5.78. The van der Waals surface area contributed by atoms with Crippen LogP contribution >= 0.6 is 45.2 Å². The zero-order valence-corrected chi connectivity index (χ0v) is 20.9. The van der Waals surface area contributed by atoms with Crippen LogP contribution in [0.3, 0.4) is 0 Å². The number of rotatable bonds is 9. The summed E-state index contributed by atoms with van der Waals surface area (Å²) in [5, 5.41) is 17.8. The van der Waals surface area contributed by atoms with Gasteiger partial charge in [-0.05, 0) is 92.7 Å². The van der Waals surface area contributed by atoms with E-state index < -0.39 is 4.92 Å². The number of anilines is 1. The molecule has 0 heterocycles. The van der Waals surface area contributed by atoms with E-state index in [0.717, 1.165) is 29.7 Å². The van der Waals surface area contributed by atoms with Gasteiger partial charge in [0.15, 0.2) is 0 Å². The third kappa shape index (κ3) is 7.15. The second-order valence-corrected chi connectivity index (χ2v) is 8.86. The van der Waals surface area contributed by atoms with Crippen LogP contribution in [-0.4, -0.2) is 23.6 Å². The Kier molecular flexibility index (Phi) is 8.79. The number of benzene rings is 3. The molecule has 0 spiro atoms. The number of carbonyl (C=O) groups is 1. The quantitative estimate of drug-likeness (QED) is 0.147. The number of nitrogens with one attached hydrogen (secondary N) is 2. The molecule has 0 fully saturated rings. The maximum Gasteiger partial charge on any atom is 0.269 e. The molecule has 3 aromatic rings. The zero-order valence-electron chi connectivity index (χ0n) is 16.6. The molecule has 0 atom stereocenters. The van der Waals surface area contributed by atoms with E-state index in [9.17, 15) is 14.9 Å².